The van der Waals surface area contributed by atoms with E-state index in [-0.39, 0.29) is 0 Å². The van der Waals surface area contributed by atoms with Crippen molar-refractivity contribution in [3.63, 3.8) is 0 Å². The van der Waals surface area contributed by atoms with Gasteiger partial charge in [-0.05, 0) is 6.92 Å². The highest BCUT2D eigenvalue weighted by Gasteiger charge is 1.83. The quantitative estimate of drug-likeness (QED) is 0.360. The van der Waals surface area contributed by atoms with E-state index in [0.29, 0.717) is 0 Å². The van der Waals surface area contributed by atoms with Gasteiger partial charge in [0.15, 0.2) is 0 Å². The van der Waals surface area contributed by atoms with E-state index >= 15 is 0 Å². The standard InChI is InChI=1S/C3H6B2S/c1-3(6)5-4-2/h1-2H3. The molecule has 2 radical (unpaired) electrons. The van der Waals surface area contributed by atoms with Gasteiger partial charge in [-0.25, -0.2) is 0 Å². The Kier molecular flexibility index (Phi) is 3.54. The van der Waals surface area contributed by atoms with Crippen molar-refractivity contribution in [2.24, 2.45) is 0 Å². The first kappa shape index (κ1) is 6.22. The molecule has 0 aromatic rings. The zero-order valence-corrected chi connectivity index (χ0v) is 4.88. The van der Waals surface area contributed by atoms with Crippen molar-refractivity contribution in [1.82, 2.24) is 0 Å². The maximum atomic E-state index is 4.71. The molecular formula is C3H6B2S. The van der Waals surface area contributed by atoms with Crippen LogP contribution in [0.5, 0.6) is 0 Å². The van der Waals surface area contributed by atoms with Crippen molar-refractivity contribution in [3.8, 4) is 0 Å². The topological polar surface area (TPSA) is 0 Å². The molecule has 0 atom stereocenters. The summed E-state index contributed by atoms with van der Waals surface area (Å²) in [6.45, 7) is 3.85. The van der Waals surface area contributed by atoms with Gasteiger partial charge in [-0.15, -0.1) is 12.2 Å². The van der Waals surface area contributed by atoms with Gasteiger partial charge >= 0.3 is 0 Å². The van der Waals surface area contributed by atoms with Crippen molar-refractivity contribution in [2.45, 2.75) is 13.7 Å². The fourth-order valence-electron chi connectivity index (χ4n) is 0.235. The van der Waals surface area contributed by atoms with E-state index in [1.807, 2.05) is 28.1 Å². The third-order valence-corrected chi connectivity index (χ3v) is 0.537. The van der Waals surface area contributed by atoms with Crippen LogP contribution in [0, 0.1) is 0 Å². The Morgan fingerprint density at radius 2 is 2.17 bits per heavy atom. The highest BCUT2D eigenvalue weighted by atomic mass is 32.1. The van der Waals surface area contributed by atoms with Crippen molar-refractivity contribution < 1.29 is 0 Å². The van der Waals surface area contributed by atoms with Crippen LogP contribution in [0.25, 0.3) is 0 Å². The van der Waals surface area contributed by atoms with Crippen LogP contribution in [-0.4, -0.2) is 19.1 Å². The molecule has 0 aromatic carbocycles. The van der Waals surface area contributed by atoms with Crippen LogP contribution in [0.3, 0.4) is 0 Å². The largest absolute Gasteiger partial charge is 0.115 e. The molecule has 0 aromatic heterocycles. The zero-order valence-electron chi connectivity index (χ0n) is 4.06. The van der Waals surface area contributed by atoms with Crippen LogP contribution in [0.15, 0.2) is 0 Å². The average molecular weight is 95.8 g/mol. The molecule has 0 aliphatic heterocycles. The lowest BCUT2D eigenvalue weighted by Gasteiger charge is -1.80. The minimum absolute atomic E-state index is 0.942. The number of hydrogen-bond donors (Lipinski definition) is 0. The summed E-state index contributed by atoms with van der Waals surface area (Å²) in [6, 6.07) is 0. The van der Waals surface area contributed by atoms with E-state index in [1.54, 1.807) is 0 Å². The average Bonchev–Trinajstić information content (AvgIpc) is 1.35. The highest BCUT2D eigenvalue weighted by molar-refractivity contribution is 7.84. The van der Waals surface area contributed by atoms with E-state index in [2.05, 4.69) is 0 Å². The van der Waals surface area contributed by atoms with Crippen molar-refractivity contribution >= 4 is 31.3 Å². The van der Waals surface area contributed by atoms with Gasteiger partial charge in [-0.1, -0.05) is 11.6 Å². The smallest absolute Gasteiger partial charge is 0.102 e. The molecule has 6 heavy (non-hydrogen) atoms. The third-order valence-electron chi connectivity index (χ3n) is 0.401. The Labute approximate surface area is 45.8 Å². The van der Waals surface area contributed by atoms with Gasteiger partial charge in [0, 0.05) is 0 Å². The van der Waals surface area contributed by atoms with Gasteiger partial charge in [0.05, 0.1) is 7.17 Å². The molecule has 0 saturated heterocycles. The van der Waals surface area contributed by atoms with Crippen LogP contribution < -0.4 is 0 Å². The summed E-state index contributed by atoms with van der Waals surface area (Å²) in [7, 11) is 3.83. The molecule has 0 fully saturated rings. The monoisotopic (exact) mass is 96.0 g/mol. The second-order valence-corrected chi connectivity index (χ2v) is 1.75. The lowest BCUT2D eigenvalue weighted by atomic mass is 9.39. The van der Waals surface area contributed by atoms with Gasteiger partial charge < -0.3 is 0 Å². The first-order valence-corrected chi connectivity index (χ1v) is 2.31. The molecule has 0 heterocycles. The second-order valence-electron chi connectivity index (χ2n) is 1.11. The lowest BCUT2D eigenvalue weighted by molar-refractivity contribution is 2.10. The van der Waals surface area contributed by atoms with Gasteiger partial charge in [0.2, 0.25) is 0 Å². The Morgan fingerprint density at radius 3 is 2.17 bits per heavy atom. The van der Waals surface area contributed by atoms with E-state index < -0.39 is 0 Å². The maximum Gasteiger partial charge on any atom is 0.115 e. The molecule has 0 aliphatic rings. The van der Waals surface area contributed by atoms with E-state index in [4.69, 9.17) is 12.2 Å². The van der Waals surface area contributed by atoms with Crippen LogP contribution >= 0.6 is 12.2 Å². The van der Waals surface area contributed by atoms with Crippen LogP contribution in [0.1, 0.15) is 6.92 Å². The minimum Gasteiger partial charge on any atom is -0.102 e. The van der Waals surface area contributed by atoms with Crippen LogP contribution in [0.2, 0.25) is 6.82 Å². The summed E-state index contributed by atoms with van der Waals surface area (Å²) in [5, 5.41) is 0. The van der Waals surface area contributed by atoms with Crippen LogP contribution in [0.4, 0.5) is 0 Å². The number of rotatable bonds is 2. The summed E-state index contributed by atoms with van der Waals surface area (Å²) < 4.78 is 0.942. The predicted molar refractivity (Wildman–Crippen MR) is 35.6 cm³/mol. The summed E-state index contributed by atoms with van der Waals surface area (Å²) in [5.74, 6) is 0. The highest BCUT2D eigenvalue weighted by Crippen LogP contribution is 1.66. The first-order chi connectivity index (χ1) is 2.77. The maximum absolute atomic E-state index is 4.71. The lowest BCUT2D eigenvalue weighted by Crippen LogP contribution is -2.06. The molecular weight excluding hydrogens is 89.7 g/mol. The minimum atomic E-state index is 0.942. The normalized spacial score (nSPS) is 7.00. The molecule has 0 nitrogen and oxygen atoms in total. The molecule has 0 amide bonds. The Bertz CT molecular complexity index is 52.8. The Morgan fingerprint density at radius 1 is 1.67 bits per heavy atom. The summed E-state index contributed by atoms with van der Waals surface area (Å²) in [6.07, 6.45) is 0. The zero-order chi connectivity index (χ0) is 4.99. The van der Waals surface area contributed by atoms with Crippen molar-refractivity contribution in [3.05, 3.63) is 0 Å². The van der Waals surface area contributed by atoms with Crippen LogP contribution in [-0.2, 0) is 0 Å². The molecule has 0 saturated carbocycles. The summed E-state index contributed by atoms with van der Waals surface area (Å²) in [4.78, 5) is 0. The van der Waals surface area contributed by atoms with E-state index in [9.17, 15) is 0 Å². The fraction of sp³-hybridized carbons (Fsp3) is 0.667. The number of thiocarbonyl (C=S) groups is 1. The van der Waals surface area contributed by atoms with Gasteiger partial charge in [0.1, 0.15) is 7.17 Å². The van der Waals surface area contributed by atoms with Gasteiger partial charge in [-0.2, -0.15) is 0 Å². The molecule has 0 aliphatic carbocycles. The Balaban J connectivity index is 2.83. The van der Waals surface area contributed by atoms with Crippen molar-refractivity contribution in [2.75, 3.05) is 0 Å². The second kappa shape index (κ2) is 3.41. The third kappa shape index (κ3) is 4.22. The predicted octanol–water partition coefficient (Wildman–Crippen LogP) is 0.705. The molecule has 3 heteroatoms. The summed E-state index contributed by atoms with van der Waals surface area (Å²) in [5.41, 5.74) is 0. The van der Waals surface area contributed by atoms with E-state index in [0.717, 1.165) is 4.76 Å². The Hall–Kier alpha value is 0.220. The molecule has 0 spiro atoms. The molecule has 0 unspecified atom stereocenters. The molecule has 0 N–H and O–H groups in total. The summed E-state index contributed by atoms with van der Waals surface area (Å²) >= 11 is 4.71. The van der Waals surface area contributed by atoms with Gasteiger partial charge in [-0.3, -0.25) is 0 Å². The fourth-order valence-corrected chi connectivity index (χ4v) is 0.371. The van der Waals surface area contributed by atoms with E-state index in [1.165, 1.54) is 0 Å². The van der Waals surface area contributed by atoms with Gasteiger partial charge in [0.25, 0.3) is 0 Å². The molecule has 30 valence electrons. The number of hydrogen-bond acceptors (Lipinski definition) is 1. The SMILES string of the molecule is C[B][B]C(C)=S. The van der Waals surface area contributed by atoms with Crippen molar-refractivity contribution in [1.29, 1.82) is 0 Å². The molecule has 0 rings (SSSR count). The first-order valence-electron chi connectivity index (χ1n) is 1.90. The molecule has 0 bridgehead atoms.